The van der Waals surface area contributed by atoms with Gasteiger partial charge in [-0.05, 0) is 283 Å². The molecule has 0 saturated carbocycles. The number of nitrogens with zero attached hydrogens (tertiary/aromatic N) is 4. The van der Waals surface area contributed by atoms with Crippen LogP contribution >= 0.6 is 0 Å². The molecule has 3 aliphatic heterocycles. The van der Waals surface area contributed by atoms with Crippen LogP contribution in [-0.4, -0.2) is 21.6 Å². The second-order valence-electron chi connectivity index (χ2n) is 59.0. The normalized spacial score (nSPS) is 15.5. The molecule has 0 saturated heterocycles. The third-order valence-corrected chi connectivity index (χ3v) is 30.2. The van der Waals surface area contributed by atoms with E-state index in [1.54, 1.807) is 0 Å². The van der Waals surface area contributed by atoms with Crippen LogP contribution in [-0.2, 0) is 86.6 Å². The molecule has 748 valence electrons. The van der Waals surface area contributed by atoms with E-state index in [4.69, 9.17) is 20.0 Å². The minimum atomic E-state index is -0.315. The van der Waals surface area contributed by atoms with Crippen molar-refractivity contribution in [1.29, 1.82) is 0 Å². The number of rotatable bonds is 8. The van der Waals surface area contributed by atoms with E-state index in [0.29, 0.717) is 0 Å². The van der Waals surface area contributed by atoms with Crippen molar-refractivity contribution in [2.45, 2.75) is 447 Å². The Morgan fingerprint density at radius 2 is 0.321 bits per heavy atom. The van der Waals surface area contributed by atoms with Crippen molar-refractivity contribution in [1.82, 2.24) is 9.97 Å². The van der Waals surface area contributed by atoms with Crippen LogP contribution in [0, 0.1) is 13.8 Å². The highest BCUT2D eigenvalue weighted by atomic mass is 15.3. The van der Waals surface area contributed by atoms with Crippen molar-refractivity contribution in [2.24, 2.45) is 9.98 Å². The molecule has 0 spiro atoms. The molecule has 8 aromatic carbocycles. The van der Waals surface area contributed by atoms with Crippen LogP contribution < -0.4 is 9.80 Å². The maximum Gasteiger partial charge on any atom is 0.147 e. The second kappa shape index (κ2) is 35.0. The molecule has 0 atom stereocenters. The molecule has 8 bridgehead atoms. The first-order valence-electron chi connectivity index (χ1n) is 52.6. The predicted octanol–water partition coefficient (Wildman–Crippen LogP) is 38.3. The molecular formula is C134H182N6. The van der Waals surface area contributed by atoms with Crippen molar-refractivity contribution >= 4 is 57.0 Å². The zero-order valence-corrected chi connectivity index (χ0v) is 97.6. The van der Waals surface area contributed by atoms with E-state index in [-0.39, 0.29) is 86.6 Å². The number of benzene rings is 8. The minimum absolute atomic E-state index is 0.267. The Hall–Kier alpha value is -9.78. The molecule has 0 amide bonds. The van der Waals surface area contributed by atoms with Crippen molar-refractivity contribution in [2.75, 3.05) is 9.80 Å². The van der Waals surface area contributed by atoms with Crippen LogP contribution in [0.25, 0.3) is 44.5 Å². The van der Waals surface area contributed by atoms with E-state index in [0.717, 1.165) is 147 Å². The topological polar surface area (TPSA) is 62.8 Å². The Balaban J connectivity index is 1.52. The van der Waals surface area contributed by atoms with Crippen molar-refractivity contribution in [3.05, 3.63) is 302 Å². The van der Waals surface area contributed by atoms with Gasteiger partial charge < -0.3 is 9.97 Å². The van der Waals surface area contributed by atoms with Gasteiger partial charge in [0.05, 0.1) is 22.8 Å². The van der Waals surface area contributed by atoms with Gasteiger partial charge in [-0.2, -0.15) is 0 Å². The maximum atomic E-state index is 7.02. The number of nitrogens with one attached hydrogen (secondary N) is 2. The Morgan fingerprint density at radius 3 is 0.479 bits per heavy atom. The van der Waals surface area contributed by atoms with Gasteiger partial charge in [0.25, 0.3) is 0 Å². The summed E-state index contributed by atoms with van der Waals surface area (Å²) in [5.41, 5.74) is 38.7. The van der Waals surface area contributed by atoms with E-state index < -0.39 is 0 Å². The average Bonchev–Trinajstić information content (AvgIpc) is 1.55. The summed E-state index contributed by atoms with van der Waals surface area (Å²) in [6, 6.07) is 60.8. The van der Waals surface area contributed by atoms with E-state index in [9.17, 15) is 0 Å². The standard InChI is InChI=1S/C134H182N6/c1-77-105(81-53-87(119(5,6)7)65-88(54-81)120(8,9)10)115-135-111(77)109(85-61-95(127(29,30)31)69-96(62-85)128(32,33)34)112-78(2)106(82-55-89(121(11,12)13)66-90(56-82)122(14,15)16)117(136-112)140(104-75-101(133(47,48)49)72-102(76-104)134(50,51)52)118-108(84-59-93(125(23,24)25)68-94(60-84)126(26,27)28)80(4)114(138-118)110(86-63-97(129(35,36)37)70-98(64-86)130(38,39)40)113-79(3)107(83-57-91(123(17,18)19)67-92(58-83)124(20,21)22)116(137-113)139(115)103-73-99(131(41,42)43)71-100(74-103)132(44,45)46/h53-76,135,138H,1-52H3. The number of aromatic nitrogens is 2. The number of anilines is 4. The van der Waals surface area contributed by atoms with Crippen molar-refractivity contribution < 1.29 is 0 Å². The number of hydrogen-bond donors (Lipinski definition) is 2. The highest BCUT2D eigenvalue weighted by Crippen LogP contribution is 2.58. The van der Waals surface area contributed by atoms with Gasteiger partial charge in [0.15, 0.2) is 0 Å². The van der Waals surface area contributed by atoms with Crippen LogP contribution in [0.5, 0.6) is 0 Å². The maximum absolute atomic E-state index is 7.02. The second-order valence-corrected chi connectivity index (χ2v) is 59.0. The van der Waals surface area contributed by atoms with Gasteiger partial charge in [0.1, 0.15) is 23.3 Å². The van der Waals surface area contributed by atoms with Gasteiger partial charge in [-0.25, -0.2) is 9.98 Å². The summed E-state index contributed by atoms with van der Waals surface area (Å²) in [7, 11) is 0. The van der Waals surface area contributed by atoms with Crippen molar-refractivity contribution in [3.63, 3.8) is 0 Å². The minimum Gasteiger partial charge on any atom is -0.340 e. The van der Waals surface area contributed by atoms with Gasteiger partial charge in [-0.15, -0.1) is 0 Å². The van der Waals surface area contributed by atoms with Gasteiger partial charge >= 0.3 is 0 Å². The van der Waals surface area contributed by atoms with Crippen LogP contribution in [0.4, 0.5) is 23.0 Å². The van der Waals surface area contributed by atoms with Gasteiger partial charge in [0, 0.05) is 44.8 Å². The number of aliphatic imine (C=N–C) groups is 2. The van der Waals surface area contributed by atoms with Crippen LogP contribution in [0.2, 0.25) is 0 Å². The largest absolute Gasteiger partial charge is 0.340 e. The number of amidine groups is 2. The molecule has 0 fully saturated rings. The van der Waals surface area contributed by atoms with Crippen LogP contribution in [0.15, 0.2) is 178 Å². The molecule has 10 aromatic rings. The highest BCUT2D eigenvalue weighted by Gasteiger charge is 2.45. The monoisotopic (exact) mass is 1880 g/mol. The van der Waals surface area contributed by atoms with Gasteiger partial charge in [0.2, 0.25) is 0 Å². The molecule has 6 nitrogen and oxygen atoms in total. The Labute approximate surface area is 851 Å². The molecule has 13 rings (SSSR count). The average molecular weight is 1880 g/mol. The molecule has 0 aliphatic carbocycles. The molecule has 2 N–H and O–H groups in total. The molecule has 0 unspecified atom stereocenters. The molecule has 6 heteroatoms. The Kier molecular flexibility index (Phi) is 26.9. The number of hydrogen-bond acceptors (Lipinski definition) is 4. The number of H-pyrrole nitrogens is 2. The SMILES string of the molecule is CC1=C(c2cc(C(C)(C)C)cc(C(C)(C)C)c2)C2=NC1=C(c1cc(C(C)(C)C)cc(C(C)(C)C)c1)c1[nH]c(c(-c3cc(C(C)(C)C)cc(C(C)(C)C)c3)c1C)N(c1cc(C(C)(C)C)cc(C(C)(C)C)c1)C1=NC(=C(c3cc(C(C)(C)C)cc(C(C)(C)C)c3)c3[nH]c(c(-c4cc(C(C)(C)C)cc(C(C)(C)C)c4)c3C)N2c2cc(C(C)(C)C)cc(C(C)(C)C)c2)C(C)=C1c1cc(C(C)(C)C)cc(C(C)(C)C)c1. The lowest BCUT2D eigenvalue weighted by atomic mass is 9.77. The lowest BCUT2D eigenvalue weighted by molar-refractivity contribution is 0.567. The summed E-state index contributed by atoms with van der Waals surface area (Å²) in [5, 5.41) is 0. The summed E-state index contributed by atoms with van der Waals surface area (Å²) in [4.78, 5) is 29.0. The Bertz CT molecular complexity index is 6120. The third kappa shape index (κ3) is 21.6. The number of fused-ring (bicyclic) bond motifs is 6. The summed E-state index contributed by atoms with van der Waals surface area (Å²) in [5.74, 6) is 3.50. The smallest absolute Gasteiger partial charge is 0.147 e. The quantitative estimate of drug-likeness (QED) is 0.159. The summed E-state index contributed by atoms with van der Waals surface area (Å²) in [6.45, 7) is 125. The molecular weight excluding hydrogens is 1690 g/mol. The fourth-order valence-corrected chi connectivity index (χ4v) is 19.8. The summed E-state index contributed by atoms with van der Waals surface area (Å²) < 4.78 is 0. The van der Waals surface area contributed by atoms with E-state index >= 15 is 0 Å². The fraction of sp³-hybridized carbons (Fsp3) is 0.507. The lowest BCUT2D eigenvalue weighted by Gasteiger charge is -2.33. The first kappa shape index (κ1) is 108. The van der Waals surface area contributed by atoms with Gasteiger partial charge in [-0.1, -0.05) is 454 Å². The molecule has 140 heavy (non-hydrogen) atoms. The zero-order valence-electron chi connectivity index (χ0n) is 97.6. The lowest BCUT2D eigenvalue weighted by Crippen LogP contribution is -2.29. The van der Waals surface area contributed by atoms with E-state index in [1.165, 1.54) is 89.0 Å². The van der Waals surface area contributed by atoms with Crippen LogP contribution in [0.3, 0.4) is 0 Å². The third-order valence-electron chi connectivity index (χ3n) is 30.2. The van der Waals surface area contributed by atoms with E-state index in [2.05, 4.69) is 515 Å². The molecule has 0 radical (unpaired) electrons. The zero-order chi connectivity index (χ0) is 105. The summed E-state index contributed by atoms with van der Waals surface area (Å²) >= 11 is 0. The van der Waals surface area contributed by atoms with E-state index in [1.807, 2.05) is 0 Å². The first-order valence-corrected chi connectivity index (χ1v) is 52.6. The Morgan fingerprint density at radius 1 is 0.179 bits per heavy atom. The van der Waals surface area contributed by atoms with Crippen LogP contribution in [0.1, 0.15) is 480 Å². The molecule has 5 heterocycles. The highest BCUT2D eigenvalue weighted by molar-refractivity contribution is 6.37. The molecule has 3 aliphatic rings. The number of aromatic amines is 2. The molecule has 2 aromatic heterocycles. The predicted molar refractivity (Wildman–Crippen MR) is 616 cm³/mol. The van der Waals surface area contributed by atoms with Gasteiger partial charge in [-0.3, -0.25) is 9.80 Å². The summed E-state index contributed by atoms with van der Waals surface area (Å²) in [6.07, 6.45) is 0. The number of allylic oxidation sites excluding steroid dienone is 2. The van der Waals surface area contributed by atoms with Crippen molar-refractivity contribution in [3.8, 4) is 22.3 Å². The first-order chi connectivity index (χ1) is 63.1. The fourth-order valence-electron chi connectivity index (χ4n) is 19.8.